The Morgan fingerprint density at radius 2 is 2.04 bits per heavy atom. The normalized spacial score (nSPS) is 19.7. The Balaban J connectivity index is 1.97. The van der Waals surface area contributed by atoms with Crippen LogP contribution in [0.15, 0.2) is 46.8 Å². The van der Waals surface area contributed by atoms with Crippen LogP contribution in [0.25, 0.3) is 0 Å². The number of rotatable bonds is 6. The highest BCUT2D eigenvalue weighted by Gasteiger charge is 2.39. The average Bonchev–Trinajstić information content (AvgIpc) is 2.65. The van der Waals surface area contributed by atoms with Gasteiger partial charge in [0.1, 0.15) is 12.4 Å². The van der Waals surface area contributed by atoms with Gasteiger partial charge in [0.2, 0.25) is 0 Å². The number of ketones is 1. The molecule has 1 aromatic rings. The Morgan fingerprint density at radius 1 is 1.30 bits per heavy atom. The molecule has 144 valence electrons. The number of hydrogen-bond donors (Lipinski definition) is 1. The number of dihydropyridines is 1. The topological polar surface area (TPSA) is 55.4 Å². The maximum absolute atomic E-state index is 13.4. The molecule has 0 bridgehead atoms. The van der Waals surface area contributed by atoms with E-state index in [4.69, 9.17) is 4.74 Å². The van der Waals surface area contributed by atoms with E-state index in [1.807, 2.05) is 6.92 Å². The van der Waals surface area contributed by atoms with Crippen molar-refractivity contribution in [3.63, 3.8) is 0 Å². The SMILES string of the molecule is CCSCCOC(=O)C1=C(C)NC2=C(C(=O)CCC2)[C@H]1c1ccc(F)cc1. The van der Waals surface area contributed by atoms with Gasteiger partial charge in [-0.2, -0.15) is 11.8 Å². The van der Waals surface area contributed by atoms with Crippen molar-refractivity contribution in [3.05, 3.63) is 58.2 Å². The van der Waals surface area contributed by atoms with Crippen LogP contribution >= 0.6 is 11.8 Å². The van der Waals surface area contributed by atoms with Gasteiger partial charge < -0.3 is 10.1 Å². The molecule has 1 aliphatic carbocycles. The molecule has 1 aromatic carbocycles. The van der Waals surface area contributed by atoms with Crippen molar-refractivity contribution in [2.75, 3.05) is 18.1 Å². The molecule has 6 heteroatoms. The van der Waals surface area contributed by atoms with Gasteiger partial charge in [0.15, 0.2) is 5.78 Å². The molecule has 3 rings (SSSR count). The number of carbonyl (C=O) groups excluding carboxylic acids is 2. The van der Waals surface area contributed by atoms with E-state index in [1.54, 1.807) is 23.9 Å². The summed E-state index contributed by atoms with van der Waals surface area (Å²) in [6.45, 7) is 4.21. The Bertz CT molecular complexity index is 798. The number of hydrogen-bond acceptors (Lipinski definition) is 5. The first-order chi connectivity index (χ1) is 13.0. The zero-order valence-corrected chi connectivity index (χ0v) is 16.5. The third kappa shape index (κ3) is 4.26. The van der Waals surface area contributed by atoms with Crippen LogP contribution in [0.3, 0.4) is 0 Å². The molecule has 4 nitrogen and oxygen atoms in total. The van der Waals surface area contributed by atoms with E-state index in [9.17, 15) is 14.0 Å². The Morgan fingerprint density at radius 3 is 2.74 bits per heavy atom. The summed E-state index contributed by atoms with van der Waals surface area (Å²) >= 11 is 1.70. The van der Waals surface area contributed by atoms with Crippen LogP contribution in [-0.2, 0) is 14.3 Å². The predicted molar refractivity (Wildman–Crippen MR) is 105 cm³/mol. The van der Waals surface area contributed by atoms with E-state index in [1.165, 1.54) is 12.1 Å². The number of Topliss-reactive ketones (excluding diaryl/α,β-unsaturated/α-hetero) is 1. The summed E-state index contributed by atoms with van der Waals surface area (Å²) in [5, 5.41) is 3.25. The third-order valence-corrected chi connectivity index (χ3v) is 5.73. The van der Waals surface area contributed by atoms with Gasteiger partial charge in [-0.25, -0.2) is 9.18 Å². The molecule has 1 atom stereocenters. The zero-order valence-electron chi connectivity index (χ0n) is 15.6. The van der Waals surface area contributed by atoms with E-state index in [2.05, 4.69) is 12.2 Å². The van der Waals surface area contributed by atoms with E-state index in [0.29, 0.717) is 29.9 Å². The lowest BCUT2D eigenvalue weighted by Crippen LogP contribution is -2.34. The van der Waals surface area contributed by atoms with Gasteiger partial charge in [0.25, 0.3) is 0 Å². The van der Waals surface area contributed by atoms with Crippen molar-refractivity contribution in [1.82, 2.24) is 5.32 Å². The first-order valence-electron chi connectivity index (χ1n) is 9.27. The summed E-state index contributed by atoms with van der Waals surface area (Å²) in [6.07, 6.45) is 2.03. The lowest BCUT2D eigenvalue weighted by molar-refractivity contribution is -0.138. The van der Waals surface area contributed by atoms with Gasteiger partial charge >= 0.3 is 5.97 Å². The summed E-state index contributed by atoms with van der Waals surface area (Å²) in [5.74, 6) is 0.451. The summed E-state index contributed by atoms with van der Waals surface area (Å²) in [7, 11) is 0. The molecule has 0 radical (unpaired) electrons. The zero-order chi connectivity index (χ0) is 19.4. The standard InChI is InChI=1S/C21H24FNO3S/c1-3-27-12-11-26-21(25)18-13(2)23-16-5-4-6-17(24)20(16)19(18)14-7-9-15(22)10-8-14/h7-10,19,23H,3-6,11-12H2,1-2H3/t19-/m0/s1. The number of allylic oxidation sites excluding steroid dienone is 3. The first-order valence-corrected chi connectivity index (χ1v) is 10.4. The largest absolute Gasteiger partial charge is 0.461 e. The molecule has 0 fully saturated rings. The summed E-state index contributed by atoms with van der Waals surface area (Å²) in [6, 6.07) is 6.01. The molecule has 0 aromatic heterocycles. The minimum atomic E-state index is -0.513. The lowest BCUT2D eigenvalue weighted by atomic mass is 9.75. The number of ether oxygens (including phenoxy) is 1. The number of halogens is 1. The Kier molecular flexibility index (Phi) is 6.37. The molecule has 1 aliphatic heterocycles. The molecular formula is C21H24FNO3S. The molecule has 0 saturated carbocycles. The number of benzene rings is 1. The van der Waals surface area contributed by atoms with Gasteiger partial charge in [-0.3, -0.25) is 4.79 Å². The van der Waals surface area contributed by atoms with Crippen LogP contribution in [0.1, 0.15) is 44.6 Å². The molecule has 2 aliphatic rings. The number of thioether (sulfide) groups is 1. The fraction of sp³-hybridized carbons (Fsp3) is 0.429. The molecule has 27 heavy (non-hydrogen) atoms. The maximum atomic E-state index is 13.4. The van der Waals surface area contributed by atoms with E-state index in [-0.39, 0.29) is 11.6 Å². The molecule has 0 amide bonds. The second kappa shape index (κ2) is 8.74. The second-order valence-corrected chi connectivity index (χ2v) is 8.04. The van der Waals surface area contributed by atoms with Crippen LogP contribution in [0.4, 0.5) is 4.39 Å². The maximum Gasteiger partial charge on any atom is 0.336 e. The van der Waals surface area contributed by atoms with Gasteiger partial charge in [-0.15, -0.1) is 0 Å². The van der Waals surface area contributed by atoms with E-state index in [0.717, 1.165) is 35.6 Å². The molecule has 0 spiro atoms. The Labute approximate surface area is 163 Å². The van der Waals surface area contributed by atoms with Gasteiger partial charge in [0.05, 0.1) is 5.57 Å². The van der Waals surface area contributed by atoms with Crippen LogP contribution in [0, 0.1) is 5.82 Å². The molecule has 1 N–H and O–H groups in total. The van der Waals surface area contributed by atoms with Gasteiger partial charge in [0, 0.05) is 35.1 Å². The monoisotopic (exact) mass is 389 g/mol. The fourth-order valence-electron chi connectivity index (χ4n) is 3.66. The quantitative estimate of drug-likeness (QED) is 0.587. The molecule has 0 unspecified atom stereocenters. The lowest BCUT2D eigenvalue weighted by Gasteiger charge is -2.34. The predicted octanol–water partition coefficient (Wildman–Crippen LogP) is 4.09. The fourth-order valence-corrected chi connectivity index (χ4v) is 4.15. The third-order valence-electron chi connectivity index (χ3n) is 4.86. The van der Waals surface area contributed by atoms with E-state index >= 15 is 0 Å². The van der Waals surface area contributed by atoms with Crippen molar-refractivity contribution in [1.29, 1.82) is 0 Å². The highest BCUT2D eigenvalue weighted by Crippen LogP contribution is 2.42. The van der Waals surface area contributed by atoms with Gasteiger partial charge in [-0.05, 0) is 43.2 Å². The van der Waals surface area contributed by atoms with Crippen molar-refractivity contribution in [2.24, 2.45) is 0 Å². The average molecular weight is 389 g/mol. The van der Waals surface area contributed by atoms with Crippen molar-refractivity contribution in [2.45, 2.75) is 39.0 Å². The summed E-state index contributed by atoms with van der Waals surface area (Å²) in [5.41, 5.74) is 3.36. The summed E-state index contributed by atoms with van der Waals surface area (Å²) in [4.78, 5) is 25.6. The number of carbonyl (C=O) groups is 2. The second-order valence-electron chi connectivity index (χ2n) is 6.65. The number of nitrogens with one attached hydrogen (secondary N) is 1. The molecule has 0 saturated heterocycles. The minimum absolute atomic E-state index is 0.0393. The van der Waals surface area contributed by atoms with Crippen molar-refractivity contribution < 1.29 is 18.7 Å². The minimum Gasteiger partial charge on any atom is -0.461 e. The van der Waals surface area contributed by atoms with Crippen molar-refractivity contribution in [3.8, 4) is 0 Å². The van der Waals surface area contributed by atoms with Crippen LogP contribution in [0.5, 0.6) is 0 Å². The Hall–Kier alpha value is -2.08. The molecule has 1 heterocycles. The molecular weight excluding hydrogens is 365 g/mol. The van der Waals surface area contributed by atoms with Crippen LogP contribution < -0.4 is 5.32 Å². The summed E-state index contributed by atoms with van der Waals surface area (Å²) < 4.78 is 18.9. The number of esters is 1. The first kappa shape index (κ1) is 19.7. The van der Waals surface area contributed by atoms with Crippen LogP contribution in [-0.4, -0.2) is 29.9 Å². The van der Waals surface area contributed by atoms with Crippen LogP contribution in [0.2, 0.25) is 0 Å². The van der Waals surface area contributed by atoms with Gasteiger partial charge in [-0.1, -0.05) is 19.1 Å². The van der Waals surface area contributed by atoms with Crippen molar-refractivity contribution >= 4 is 23.5 Å². The smallest absolute Gasteiger partial charge is 0.336 e. The highest BCUT2D eigenvalue weighted by molar-refractivity contribution is 7.99. The highest BCUT2D eigenvalue weighted by atomic mass is 32.2. The van der Waals surface area contributed by atoms with E-state index < -0.39 is 11.9 Å².